The van der Waals surface area contributed by atoms with Crippen LogP contribution in [0.2, 0.25) is 0 Å². The van der Waals surface area contributed by atoms with Crippen molar-refractivity contribution in [2.45, 2.75) is 18.4 Å². The highest BCUT2D eigenvalue weighted by molar-refractivity contribution is 7.91. The average Bonchev–Trinajstić information content (AvgIpc) is 2.61. The van der Waals surface area contributed by atoms with Crippen LogP contribution in [0.4, 0.5) is 13.2 Å². The summed E-state index contributed by atoms with van der Waals surface area (Å²) in [5, 5.41) is 9.54. The maximum atomic E-state index is 12.9. The van der Waals surface area contributed by atoms with Gasteiger partial charge < -0.3 is 9.84 Å². The molecule has 1 heterocycles. The molecule has 1 aliphatic heterocycles. The van der Waals surface area contributed by atoms with Crippen LogP contribution < -0.4 is 4.74 Å². The first kappa shape index (κ1) is 15.8. The van der Waals surface area contributed by atoms with Crippen molar-refractivity contribution in [2.75, 3.05) is 11.5 Å². The molecule has 21 heavy (non-hydrogen) atoms. The van der Waals surface area contributed by atoms with E-state index in [-0.39, 0.29) is 11.8 Å². The molecule has 0 saturated carbocycles. The van der Waals surface area contributed by atoms with E-state index < -0.39 is 51.0 Å². The molecule has 9 heteroatoms. The van der Waals surface area contributed by atoms with Crippen molar-refractivity contribution in [1.29, 1.82) is 0 Å². The minimum atomic E-state index is -4.77. The molecule has 2 atom stereocenters. The normalized spacial score (nSPS) is 24.8. The van der Waals surface area contributed by atoms with Gasteiger partial charge in [-0.2, -0.15) is 13.2 Å². The van der Waals surface area contributed by atoms with Gasteiger partial charge >= 0.3 is 6.18 Å². The SMILES string of the molecule is O=Cc1ccc(OC2CS(=O)(=O)CC2O)c(C(F)(F)F)c1. The average molecular weight is 324 g/mol. The van der Waals surface area contributed by atoms with Crippen LogP contribution in [-0.4, -0.2) is 43.5 Å². The first-order valence-electron chi connectivity index (χ1n) is 5.84. The number of carbonyl (C=O) groups excluding carboxylic acids is 1. The molecular formula is C12H11F3O5S. The third-order valence-corrected chi connectivity index (χ3v) is 4.68. The van der Waals surface area contributed by atoms with Gasteiger partial charge in [0.25, 0.3) is 0 Å². The number of aliphatic hydroxyl groups excluding tert-OH is 1. The number of aliphatic hydroxyl groups is 1. The predicted octanol–water partition coefficient (Wildman–Crippen LogP) is 1.05. The summed E-state index contributed by atoms with van der Waals surface area (Å²) in [4.78, 5) is 10.6. The lowest BCUT2D eigenvalue weighted by Crippen LogP contribution is -2.30. The Balaban J connectivity index is 2.34. The van der Waals surface area contributed by atoms with Crippen molar-refractivity contribution >= 4 is 16.1 Å². The molecule has 1 aliphatic rings. The summed E-state index contributed by atoms with van der Waals surface area (Å²) in [5.41, 5.74) is -1.38. The van der Waals surface area contributed by atoms with E-state index in [1.54, 1.807) is 0 Å². The van der Waals surface area contributed by atoms with E-state index in [1.807, 2.05) is 0 Å². The lowest BCUT2D eigenvalue weighted by Gasteiger charge is -2.19. The number of aldehydes is 1. The van der Waals surface area contributed by atoms with Crippen LogP contribution in [0, 0.1) is 0 Å². The molecule has 0 aromatic heterocycles. The second-order valence-electron chi connectivity index (χ2n) is 4.67. The number of hydrogen-bond acceptors (Lipinski definition) is 5. The maximum absolute atomic E-state index is 12.9. The van der Waals surface area contributed by atoms with Gasteiger partial charge in [0.05, 0.1) is 17.1 Å². The number of benzene rings is 1. The summed E-state index contributed by atoms with van der Waals surface area (Å²) < 4.78 is 66.4. The number of ether oxygens (including phenoxy) is 1. The van der Waals surface area contributed by atoms with Gasteiger partial charge in [-0.05, 0) is 18.2 Å². The van der Waals surface area contributed by atoms with E-state index in [0.29, 0.717) is 6.07 Å². The Hall–Kier alpha value is -1.61. The molecule has 0 aliphatic carbocycles. The van der Waals surface area contributed by atoms with Gasteiger partial charge in [-0.15, -0.1) is 0 Å². The van der Waals surface area contributed by atoms with Crippen LogP contribution >= 0.6 is 0 Å². The topological polar surface area (TPSA) is 80.7 Å². The minimum absolute atomic E-state index is 0.186. The molecule has 0 radical (unpaired) electrons. The van der Waals surface area contributed by atoms with E-state index in [0.717, 1.165) is 12.1 Å². The smallest absolute Gasteiger partial charge is 0.419 e. The zero-order chi connectivity index (χ0) is 15.8. The van der Waals surface area contributed by atoms with Gasteiger partial charge in [-0.3, -0.25) is 4.79 Å². The zero-order valence-electron chi connectivity index (χ0n) is 10.5. The van der Waals surface area contributed by atoms with E-state index in [9.17, 15) is 31.5 Å². The highest BCUT2D eigenvalue weighted by atomic mass is 32.2. The Kier molecular flexibility index (Phi) is 3.98. The number of sulfone groups is 1. The molecule has 1 aromatic rings. The summed E-state index contributed by atoms with van der Waals surface area (Å²) in [7, 11) is -3.54. The molecule has 2 unspecified atom stereocenters. The Morgan fingerprint density at radius 3 is 2.43 bits per heavy atom. The largest absolute Gasteiger partial charge is 0.486 e. The van der Waals surface area contributed by atoms with Gasteiger partial charge in [0, 0.05) is 5.56 Å². The first-order chi connectivity index (χ1) is 9.62. The van der Waals surface area contributed by atoms with Gasteiger partial charge in [0.15, 0.2) is 9.84 Å². The third kappa shape index (κ3) is 3.53. The monoisotopic (exact) mass is 324 g/mol. The van der Waals surface area contributed by atoms with Crippen molar-refractivity contribution in [3.63, 3.8) is 0 Å². The van der Waals surface area contributed by atoms with Crippen LogP contribution in [0.5, 0.6) is 5.75 Å². The predicted molar refractivity (Wildman–Crippen MR) is 65.9 cm³/mol. The first-order valence-corrected chi connectivity index (χ1v) is 7.66. The quantitative estimate of drug-likeness (QED) is 0.841. The molecule has 0 amide bonds. The summed E-state index contributed by atoms with van der Waals surface area (Å²) >= 11 is 0. The van der Waals surface area contributed by atoms with Gasteiger partial charge in [0.1, 0.15) is 24.2 Å². The fourth-order valence-corrected chi connectivity index (χ4v) is 3.68. The third-order valence-electron chi connectivity index (χ3n) is 3.00. The summed E-state index contributed by atoms with van der Waals surface area (Å²) in [6, 6.07) is 2.66. The molecule has 5 nitrogen and oxygen atoms in total. The lowest BCUT2D eigenvalue weighted by atomic mass is 10.1. The second kappa shape index (κ2) is 5.30. The Bertz CT molecular complexity index is 653. The number of halogens is 3. The number of carbonyl (C=O) groups is 1. The fourth-order valence-electron chi connectivity index (χ4n) is 2.02. The maximum Gasteiger partial charge on any atom is 0.419 e. The molecule has 0 bridgehead atoms. The van der Waals surface area contributed by atoms with Crippen molar-refractivity contribution in [2.24, 2.45) is 0 Å². The van der Waals surface area contributed by atoms with Crippen molar-refractivity contribution < 1.29 is 36.2 Å². The molecule has 1 fully saturated rings. The van der Waals surface area contributed by atoms with Crippen LogP contribution in [-0.2, 0) is 16.0 Å². The van der Waals surface area contributed by atoms with Crippen molar-refractivity contribution in [3.05, 3.63) is 29.3 Å². The lowest BCUT2D eigenvalue weighted by molar-refractivity contribution is -0.139. The fraction of sp³-hybridized carbons (Fsp3) is 0.417. The van der Waals surface area contributed by atoms with E-state index >= 15 is 0 Å². The minimum Gasteiger partial charge on any atom is -0.486 e. The Morgan fingerprint density at radius 1 is 1.29 bits per heavy atom. The van der Waals surface area contributed by atoms with Crippen LogP contribution in [0.25, 0.3) is 0 Å². The Labute approximate surface area is 118 Å². The number of alkyl halides is 3. The van der Waals surface area contributed by atoms with E-state index in [2.05, 4.69) is 0 Å². The van der Waals surface area contributed by atoms with Crippen LogP contribution in [0.1, 0.15) is 15.9 Å². The summed E-state index contributed by atoms with van der Waals surface area (Å²) in [6.07, 6.45) is -7.16. The molecule has 1 N–H and O–H groups in total. The second-order valence-corrected chi connectivity index (χ2v) is 6.83. The molecular weight excluding hydrogens is 313 g/mol. The number of hydrogen-bond donors (Lipinski definition) is 1. The van der Waals surface area contributed by atoms with Gasteiger partial charge in [0.2, 0.25) is 0 Å². The van der Waals surface area contributed by atoms with E-state index in [4.69, 9.17) is 4.74 Å². The molecule has 1 aromatic carbocycles. The van der Waals surface area contributed by atoms with Crippen LogP contribution in [0.15, 0.2) is 18.2 Å². The van der Waals surface area contributed by atoms with Crippen molar-refractivity contribution in [1.82, 2.24) is 0 Å². The zero-order valence-corrected chi connectivity index (χ0v) is 11.3. The summed E-state index contributed by atoms with van der Waals surface area (Å²) in [5.74, 6) is -1.72. The van der Waals surface area contributed by atoms with Gasteiger partial charge in [-0.1, -0.05) is 0 Å². The van der Waals surface area contributed by atoms with Crippen molar-refractivity contribution in [3.8, 4) is 5.75 Å². The highest BCUT2D eigenvalue weighted by Gasteiger charge is 2.40. The summed E-state index contributed by atoms with van der Waals surface area (Å²) in [6.45, 7) is 0. The highest BCUT2D eigenvalue weighted by Crippen LogP contribution is 2.37. The molecule has 116 valence electrons. The Morgan fingerprint density at radius 2 is 1.95 bits per heavy atom. The van der Waals surface area contributed by atoms with E-state index in [1.165, 1.54) is 0 Å². The van der Waals surface area contributed by atoms with Crippen LogP contribution in [0.3, 0.4) is 0 Å². The molecule has 0 spiro atoms. The molecule has 2 rings (SSSR count). The molecule has 1 saturated heterocycles. The number of rotatable bonds is 3. The standard InChI is InChI=1S/C12H11F3O5S/c13-12(14,15)8-3-7(4-16)1-2-10(8)20-11-6-21(18,19)5-9(11)17/h1-4,9,11,17H,5-6H2. The van der Waals surface area contributed by atoms with Gasteiger partial charge in [-0.25, -0.2) is 8.42 Å².